The van der Waals surface area contributed by atoms with Crippen molar-refractivity contribution in [3.63, 3.8) is 0 Å². The van der Waals surface area contributed by atoms with E-state index >= 15 is 0 Å². The van der Waals surface area contributed by atoms with Crippen LogP contribution in [-0.4, -0.2) is 65.3 Å². The van der Waals surface area contributed by atoms with E-state index in [4.69, 9.17) is 10.5 Å². The van der Waals surface area contributed by atoms with Crippen LogP contribution in [0.1, 0.15) is 33.8 Å². The summed E-state index contributed by atoms with van der Waals surface area (Å²) < 4.78 is 9.08. The van der Waals surface area contributed by atoms with E-state index in [1.165, 1.54) is 11.0 Å². The number of aliphatic hydroxyl groups is 2. The number of aliphatic hydroxyl groups excluding tert-OH is 2. The van der Waals surface area contributed by atoms with Gasteiger partial charge in [0.05, 0.1) is 11.9 Å². The van der Waals surface area contributed by atoms with E-state index in [1.807, 2.05) is 32.2 Å². The highest BCUT2D eigenvalue weighted by atomic mass is 16.6. The Kier molecular flexibility index (Phi) is 5.83. The van der Waals surface area contributed by atoms with Crippen molar-refractivity contribution >= 4 is 5.91 Å². The Morgan fingerprint density at radius 2 is 2.13 bits per heavy atom. The highest BCUT2D eigenvalue weighted by Gasteiger charge is 2.44. The molecule has 1 amide bonds. The van der Waals surface area contributed by atoms with Gasteiger partial charge >= 0.3 is 0 Å². The van der Waals surface area contributed by atoms with Crippen LogP contribution >= 0.6 is 0 Å². The minimum absolute atomic E-state index is 0.184. The Hall–Kier alpha value is -3.12. The van der Waals surface area contributed by atoms with Crippen LogP contribution in [0.2, 0.25) is 0 Å². The van der Waals surface area contributed by atoms with Crippen LogP contribution in [0.5, 0.6) is 0 Å². The number of hydrogen-bond acceptors (Lipinski definition) is 8. The monoisotopic (exact) mass is 427 g/mol. The second kappa shape index (κ2) is 8.55. The highest BCUT2D eigenvalue weighted by molar-refractivity contribution is 5.88. The summed E-state index contributed by atoms with van der Waals surface area (Å²) in [5.74, 6) is -0.968. The standard InChI is InChI=1S/C20H25N7O4/c1-11-6-13(12(2)27(11)14-4-3-5-22-8-14)7-23-9-15-16(28)17(29)20(31-15)26-10-24-19(25-26)18(21)30/h3-6,8,10,15-17,20,23,28-29H,7,9H2,1-2H3,(H2,21,30)/t15-,16-,17-,20-/m1/s1. The van der Waals surface area contributed by atoms with Crippen molar-refractivity contribution in [2.45, 2.75) is 44.9 Å². The molecule has 0 aliphatic carbocycles. The fraction of sp³-hybridized carbons (Fsp3) is 0.400. The maximum atomic E-state index is 11.2. The van der Waals surface area contributed by atoms with Crippen molar-refractivity contribution in [3.8, 4) is 5.69 Å². The summed E-state index contributed by atoms with van der Waals surface area (Å²) >= 11 is 0. The van der Waals surface area contributed by atoms with Gasteiger partial charge in [-0.25, -0.2) is 9.67 Å². The second-order valence-electron chi connectivity index (χ2n) is 7.53. The van der Waals surface area contributed by atoms with E-state index < -0.39 is 30.4 Å². The first-order valence-corrected chi connectivity index (χ1v) is 9.88. The molecule has 0 saturated carbocycles. The minimum Gasteiger partial charge on any atom is -0.387 e. The van der Waals surface area contributed by atoms with Crippen LogP contribution in [0.3, 0.4) is 0 Å². The molecule has 11 heteroatoms. The Morgan fingerprint density at radius 3 is 2.81 bits per heavy atom. The number of amides is 1. The van der Waals surface area contributed by atoms with Crippen molar-refractivity contribution in [1.82, 2.24) is 29.6 Å². The molecular formula is C20H25N7O4. The zero-order valence-electron chi connectivity index (χ0n) is 17.2. The topological polar surface area (TPSA) is 153 Å². The third-order valence-corrected chi connectivity index (χ3v) is 5.43. The van der Waals surface area contributed by atoms with Crippen LogP contribution in [-0.2, 0) is 11.3 Å². The first kappa shape index (κ1) is 21.1. The molecule has 4 rings (SSSR count). The van der Waals surface area contributed by atoms with E-state index in [1.54, 1.807) is 6.20 Å². The summed E-state index contributed by atoms with van der Waals surface area (Å²) in [5.41, 5.74) is 9.43. The number of nitrogens with two attached hydrogens (primary N) is 1. The SMILES string of the molecule is Cc1cc(CNC[C@H]2O[C@@H](n3cnc(C(N)=O)n3)[C@H](O)[C@@H]2O)c(C)n1-c1cccnc1. The first-order chi connectivity index (χ1) is 14.9. The van der Waals surface area contributed by atoms with Gasteiger partial charge in [-0.3, -0.25) is 9.78 Å². The van der Waals surface area contributed by atoms with E-state index in [0.717, 1.165) is 22.6 Å². The molecule has 1 saturated heterocycles. The van der Waals surface area contributed by atoms with Crippen LogP contribution in [0, 0.1) is 13.8 Å². The van der Waals surface area contributed by atoms with Crippen molar-refractivity contribution in [2.75, 3.05) is 6.54 Å². The lowest BCUT2D eigenvalue weighted by molar-refractivity contribution is -0.0439. The van der Waals surface area contributed by atoms with Gasteiger partial charge in [0.15, 0.2) is 6.23 Å². The van der Waals surface area contributed by atoms with Gasteiger partial charge in [-0.1, -0.05) is 0 Å². The summed E-state index contributed by atoms with van der Waals surface area (Å²) in [6, 6.07) is 6.00. The number of nitrogens with zero attached hydrogens (tertiary/aromatic N) is 5. The molecule has 0 unspecified atom stereocenters. The fourth-order valence-corrected chi connectivity index (χ4v) is 3.87. The number of aromatic nitrogens is 5. The van der Waals surface area contributed by atoms with Crippen molar-refractivity contribution in [1.29, 1.82) is 0 Å². The predicted molar refractivity (Wildman–Crippen MR) is 109 cm³/mol. The number of carbonyl (C=O) groups excluding carboxylic acids is 1. The quantitative estimate of drug-likeness (QED) is 0.397. The molecule has 5 N–H and O–H groups in total. The lowest BCUT2D eigenvalue weighted by Crippen LogP contribution is -2.37. The van der Waals surface area contributed by atoms with Gasteiger partial charge in [-0.2, -0.15) is 0 Å². The summed E-state index contributed by atoms with van der Waals surface area (Å²) in [7, 11) is 0. The zero-order chi connectivity index (χ0) is 22.1. The molecule has 0 bridgehead atoms. The van der Waals surface area contributed by atoms with Crippen molar-refractivity contribution in [2.24, 2.45) is 5.73 Å². The fourth-order valence-electron chi connectivity index (χ4n) is 3.87. The third kappa shape index (κ3) is 4.08. The predicted octanol–water partition coefficient (Wildman–Crippen LogP) is -0.411. The summed E-state index contributed by atoms with van der Waals surface area (Å²) in [4.78, 5) is 19.1. The molecule has 0 radical (unpaired) electrons. The van der Waals surface area contributed by atoms with E-state index in [2.05, 4.69) is 31.0 Å². The number of nitrogens with one attached hydrogen (secondary N) is 1. The normalized spacial score (nSPS) is 23.4. The number of hydrogen-bond donors (Lipinski definition) is 4. The van der Waals surface area contributed by atoms with Crippen molar-refractivity contribution in [3.05, 3.63) is 59.7 Å². The summed E-state index contributed by atoms with van der Waals surface area (Å²) in [6.07, 6.45) is 0.828. The first-order valence-electron chi connectivity index (χ1n) is 9.88. The number of primary amides is 1. The maximum Gasteiger partial charge on any atom is 0.288 e. The average Bonchev–Trinajstić information content (AvgIpc) is 3.42. The lowest BCUT2D eigenvalue weighted by atomic mass is 10.1. The Labute approximate surface area is 178 Å². The second-order valence-corrected chi connectivity index (χ2v) is 7.53. The molecule has 1 aliphatic rings. The summed E-state index contributed by atoms with van der Waals surface area (Å²) in [5, 5.41) is 27.9. The molecule has 4 heterocycles. The van der Waals surface area contributed by atoms with Gasteiger partial charge in [-0.05, 0) is 37.6 Å². The maximum absolute atomic E-state index is 11.2. The number of carbonyl (C=O) groups is 1. The van der Waals surface area contributed by atoms with Gasteiger partial charge in [0.2, 0.25) is 5.82 Å². The lowest BCUT2D eigenvalue weighted by Gasteiger charge is -2.15. The Bertz CT molecular complexity index is 1060. The van der Waals surface area contributed by atoms with Gasteiger partial charge in [-0.15, -0.1) is 5.10 Å². The smallest absolute Gasteiger partial charge is 0.288 e. The van der Waals surface area contributed by atoms with Crippen LogP contribution in [0.25, 0.3) is 5.69 Å². The Morgan fingerprint density at radius 1 is 1.32 bits per heavy atom. The number of aryl methyl sites for hydroxylation is 1. The average molecular weight is 427 g/mol. The molecule has 0 aromatic carbocycles. The van der Waals surface area contributed by atoms with Gasteiger partial charge in [0, 0.05) is 30.7 Å². The number of ether oxygens (including phenoxy) is 1. The molecule has 164 valence electrons. The van der Waals surface area contributed by atoms with E-state index in [0.29, 0.717) is 13.1 Å². The van der Waals surface area contributed by atoms with Gasteiger partial charge in [0.1, 0.15) is 24.6 Å². The molecule has 3 aromatic rings. The molecule has 1 fully saturated rings. The van der Waals surface area contributed by atoms with E-state index in [9.17, 15) is 15.0 Å². The largest absolute Gasteiger partial charge is 0.387 e. The molecule has 0 spiro atoms. The van der Waals surface area contributed by atoms with Crippen LogP contribution in [0.15, 0.2) is 36.9 Å². The third-order valence-electron chi connectivity index (χ3n) is 5.43. The molecule has 3 aromatic heterocycles. The molecule has 4 atom stereocenters. The van der Waals surface area contributed by atoms with E-state index in [-0.39, 0.29) is 5.82 Å². The zero-order valence-corrected chi connectivity index (χ0v) is 17.2. The summed E-state index contributed by atoms with van der Waals surface area (Å²) in [6.45, 7) is 4.94. The van der Waals surface area contributed by atoms with Crippen LogP contribution < -0.4 is 11.1 Å². The minimum atomic E-state index is -1.22. The molecule has 11 nitrogen and oxygen atoms in total. The molecule has 31 heavy (non-hydrogen) atoms. The number of pyridine rings is 1. The highest BCUT2D eigenvalue weighted by Crippen LogP contribution is 2.28. The van der Waals surface area contributed by atoms with Crippen molar-refractivity contribution < 1.29 is 19.7 Å². The van der Waals surface area contributed by atoms with Gasteiger partial charge in [0.25, 0.3) is 5.91 Å². The van der Waals surface area contributed by atoms with Gasteiger partial charge < -0.3 is 30.6 Å². The molecule has 1 aliphatic heterocycles. The molecular weight excluding hydrogens is 402 g/mol. The van der Waals surface area contributed by atoms with Crippen LogP contribution in [0.4, 0.5) is 0 Å². The Balaban J connectivity index is 1.39. The number of rotatable bonds is 7.